The van der Waals surface area contributed by atoms with E-state index in [1.165, 1.54) is 12.1 Å². The molecule has 3 aromatic carbocycles. The van der Waals surface area contributed by atoms with Crippen LogP contribution in [0.5, 0.6) is 11.5 Å². The molecule has 0 saturated carbocycles. The summed E-state index contributed by atoms with van der Waals surface area (Å²) in [6.45, 7) is 3.82. The molecule has 38 heavy (non-hydrogen) atoms. The lowest BCUT2D eigenvalue weighted by molar-refractivity contribution is -0.133. The SMILES string of the molecule is O=C(Cn1cc(S(=O)(=O)c2ccc(Cl)cc2)c2ccccc21)N1CCN(Cc2ccc3c(c2)OCO3)CC1. The van der Waals surface area contributed by atoms with Gasteiger partial charge < -0.3 is 18.9 Å². The number of carbonyl (C=O) groups excluding carboxylic acids is 1. The van der Waals surface area contributed by atoms with Gasteiger partial charge in [0.2, 0.25) is 22.5 Å². The lowest BCUT2D eigenvalue weighted by atomic mass is 10.1. The van der Waals surface area contributed by atoms with E-state index in [9.17, 15) is 13.2 Å². The number of hydrogen-bond donors (Lipinski definition) is 0. The fourth-order valence-electron chi connectivity index (χ4n) is 5.00. The van der Waals surface area contributed by atoms with Gasteiger partial charge in [-0.05, 0) is 48.0 Å². The van der Waals surface area contributed by atoms with Crippen molar-refractivity contribution in [2.24, 2.45) is 0 Å². The molecule has 2 aliphatic heterocycles. The molecule has 0 spiro atoms. The number of rotatable bonds is 6. The third-order valence-electron chi connectivity index (χ3n) is 7.04. The van der Waals surface area contributed by atoms with Crippen molar-refractivity contribution in [3.63, 3.8) is 0 Å². The highest BCUT2D eigenvalue weighted by molar-refractivity contribution is 7.91. The molecular formula is C28H26ClN3O5S. The Morgan fingerprint density at radius 3 is 2.42 bits per heavy atom. The Morgan fingerprint density at radius 2 is 1.63 bits per heavy atom. The molecule has 0 aliphatic carbocycles. The number of hydrogen-bond acceptors (Lipinski definition) is 6. The van der Waals surface area contributed by atoms with Gasteiger partial charge >= 0.3 is 0 Å². The maximum absolute atomic E-state index is 13.4. The van der Waals surface area contributed by atoms with E-state index in [0.717, 1.165) is 36.7 Å². The lowest BCUT2D eigenvalue weighted by Gasteiger charge is -2.35. The van der Waals surface area contributed by atoms with Crippen molar-refractivity contribution in [3.8, 4) is 11.5 Å². The number of carbonyl (C=O) groups is 1. The Hall–Kier alpha value is -3.53. The van der Waals surface area contributed by atoms with E-state index >= 15 is 0 Å². The van der Waals surface area contributed by atoms with E-state index in [4.69, 9.17) is 21.1 Å². The molecule has 2 aliphatic rings. The molecule has 3 heterocycles. The predicted octanol–water partition coefficient (Wildman–Crippen LogP) is 4.20. The van der Waals surface area contributed by atoms with E-state index in [0.29, 0.717) is 29.0 Å². The first-order valence-corrected chi connectivity index (χ1v) is 14.2. The highest BCUT2D eigenvalue weighted by Crippen LogP contribution is 2.33. The number of nitrogens with zero attached hydrogens (tertiary/aromatic N) is 3. The number of fused-ring (bicyclic) bond motifs is 2. The van der Waals surface area contributed by atoms with Crippen molar-refractivity contribution < 1.29 is 22.7 Å². The Morgan fingerprint density at radius 1 is 0.895 bits per heavy atom. The number of sulfone groups is 1. The molecule has 1 amide bonds. The van der Waals surface area contributed by atoms with Crippen molar-refractivity contribution >= 4 is 38.2 Å². The minimum absolute atomic E-state index is 0.0380. The highest BCUT2D eigenvalue weighted by Gasteiger charge is 2.26. The maximum atomic E-state index is 13.4. The summed E-state index contributed by atoms with van der Waals surface area (Å²) in [5.41, 5.74) is 1.84. The number of para-hydroxylation sites is 1. The van der Waals surface area contributed by atoms with E-state index in [1.807, 2.05) is 35.2 Å². The summed E-state index contributed by atoms with van der Waals surface area (Å²) < 4.78 is 39.5. The van der Waals surface area contributed by atoms with Crippen LogP contribution in [-0.2, 0) is 27.7 Å². The van der Waals surface area contributed by atoms with Gasteiger partial charge in [-0.2, -0.15) is 0 Å². The number of ether oxygens (including phenoxy) is 2. The molecule has 4 aromatic rings. The summed E-state index contributed by atoms with van der Waals surface area (Å²) >= 11 is 5.95. The first kappa shape index (κ1) is 24.8. The summed E-state index contributed by atoms with van der Waals surface area (Å²) in [6, 6.07) is 19.3. The van der Waals surface area contributed by atoms with Crippen molar-refractivity contribution in [3.05, 3.63) is 83.5 Å². The van der Waals surface area contributed by atoms with Crippen molar-refractivity contribution in [1.82, 2.24) is 14.4 Å². The molecule has 196 valence electrons. The molecule has 0 unspecified atom stereocenters. The average Bonchev–Trinajstić information content (AvgIpc) is 3.54. The summed E-state index contributed by atoms with van der Waals surface area (Å²) in [7, 11) is -3.79. The van der Waals surface area contributed by atoms with Gasteiger partial charge in [0.25, 0.3) is 0 Å². The van der Waals surface area contributed by atoms with Crippen molar-refractivity contribution in [1.29, 1.82) is 0 Å². The quantitative estimate of drug-likeness (QED) is 0.357. The first-order chi connectivity index (χ1) is 18.4. The van der Waals surface area contributed by atoms with E-state index in [-0.39, 0.29) is 29.0 Å². The van der Waals surface area contributed by atoms with Gasteiger partial charge in [-0.1, -0.05) is 35.9 Å². The zero-order valence-corrected chi connectivity index (χ0v) is 22.1. The van der Waals surface area contributed by atoms with E-state index in [2.05, 4.69) is 4.90 Å². The molecule has 1 aromatic heterocycles. The molecule has 6 rings (SSSR count). The van der Waals surface area contributed by atoms with Crippen LogP contribution in [0.2, 0.25) is 5.02 Å². The minimum atomic E-state index is -3.79. The van der Waals surface area contributed by atoms with Gasteiger partial charge in [0.15, 0.2) is 11.5 Å². The fourth-order valence-corrected chi connectivity index (χ4v) is 6.60. The normalized spacial score (nSPS) is 15.8. The summed E-state index contributed by atoms with van der Waals surface area (Å²) in [4.78, 5) is 17.8. The van der Waals surface area contributed by atoms with Gasteiger partial charge in [0, 0.05) is 54.8 Å². The van der Waals surface area contributed by atoms with Gasteiger partial charge in [-0.25, -0.2) is 8.42 Å². The fraction of sp³-hybridized carbons (Fsp3) is 0.250. The lowest BCUT2D eigenvalue weighted by Crippen LogP contribution is -2.49. The standard InChI is InChI=1S/C28H26ClN3O5S/c29-21-6-8-22(9-7-21)38(34,35)27-17-32(24-4-2-1-3-23(24)27)18-28(33)31-13-11-30(12-14-31)16-20-5-10-25-26(15-20)37-19-36-25/h1-10,15,17H,11-14,16,18-19H2. The van der Waals surface area contributed by atoms with Crippen LogP contribution in [0.3, 0.4) is 0 Å². The van der Waals surface area contributed by atoms with E-state index < -0.39 is 9.84 Å². The Bertz CT molecular complexity index is 1610. The highest BCUT2D eigenvalue weighted by atomic mass is 35.5. The molecule has 0 N–H and O–H groups in total. The Kier molecular flexibility index (Phi) is 6.51. The maximum Gasteiger partial charge on any atom is 0.242 e. The predicted molar refractivity (Wildman–Crippen MR) is 143 cm³/mol. The Labute approximate surface area is 225 Å². The monoisotopic (exact) mass is 551 g/mol. The first-order valence-electron chi connectivity index (χ1n) is 12.4. The van der Waals surface area contributed by atoms with E-state index in [1.54, 1.807) is 35.0 Å². The summed E-state index contributed by atoms with van der Waals surface area (Å²) in [5, 5.41) is 1.05. The molecular weight excluding hydrogens is 526 g/mol. The minimum Gasteiger partial charge on any atom is -0.454 e. The second kappa shape index (κ2) is 9.98. The van der Waals surface area contributed by atoms with Crippen LogP contribution in [0, 0.1) is 0 Å². The van der Waals surface area contributed by atoms with Crippen LogP contribution >= 0.6 is 11.6 Å². The number of halogens is 1. The third kappa shape index (κ3) is 4.73. The zero-order valence-electron chi connectivity index (χ0n) is 20.5. The van der Waals surface area contributed by atoms with Gasteiger partial charge in [0.1, 0.15) is 6.54 Å². The van der Waals surface area contributed by atoms with Crippen LogP contribution in [0.25, 0.3) is 10.9 Å². The van der Waals surface area contributed by atoms with Crippen LogP contribution in [0.4, 0.5) is 0 Å². The second-order valence-electron chi connectivity index (χ2n) is 9.44. The molecule has 0 bridgehead atoms. The number of benzene rings is 3. The van der Waals surface area contributed by atoms with Crippen LogP contribution in [0.1, 0.15) is 5.56 Å². The number of piperazine rings is 1. The van der Waals surface area contributed by atoms with Crippen LogP contribution < -0.4 is 9.47 Å². The molecule has 0 atom stereocenters. The van der Waals surface area contributed by atoms with Crippen molar-refractivity contribution in [2.75, 3.05) is 33.0 Å². The third-order valence-corrected chi connectivity index (χ3v) is 9.09. The molecule has 8 nitrogen and oxygen atoms in total. The average molecular weight is 552 g/mol. The largest absolute Gasteiger partial charge is 0.454 e. The van der Waals surface area contributed by atoms with Crippen LogP contribution in [0.15, 0.2) is 82.7 Å². The smallest absolute Gasteiger partial charge is 0.242 e. The van der Waals surface area contributed by atoms with Crippen molar-refractivity contribution in [2.45, 2.75) is 22.9 Å². The van der Waals surface area contributed by atoms with Gasteiger partial charge in [-0.3, -0.25) is 9.69 Å². The number of amides is 1. The molecule has 0 radical (unpaired) electrons. The summed E-state index contributed by atoms with van der Waals surface area (Å²) in [5.74, 6) is 1.50. The van der Waals surface area contributed by atoms with Gasteiger partial charge in [-0.15, -0.1) is 0 Å². The summed E-state index contributed by atoms with van der Waals surface area (Å²) in [6.07, 6.45) is 1.57. The van der Waals surface area contributed by atoms with Gasteiger partial charge in [0.05, 0.1) is 9.79 Å². The number of aromatic nitrogens is 1. The topological polar surface area (TPSA) is 81.1 Å². The molecule has 1 saturated heterocycles. The second-order valence-corrected chi connectivity index (χ2v) is 11.8. The molecule has 1 fully saturated rings. The zero-order chi connectivity index (χ0) is 26.3. The Balaban J connectivity index is 1.15. The molecule has 10 heteroatoms. The van der Waals surface area contributed by atoms with Crippen LogP contribution in [-0.4, -0.2) is 61.7 Å².